The van der Waals surface area contributed by atoms with Crippen molar-refractivity contribution >= 4 is 39.2 Å². The summed E-state index contributed by atoms with van der Waals surface area (Å²) in [6, 6.07) is 23.0. The van der Waals surface area contributed by atoms with E-state index in [-0.39, 0.29) is 0 Å². The van der Waals surface area contributed by atoms with Gasteiger partial charge in [-0.15, -0.1) is 0 Å². The van der Waals surface area contributed by atoms with Crippen LogP contribution in [0.2, 0.25) is 24.2 Å². The highest BCUT2D eigenvalue weighted by molar-refractivity contribution is 6.87. The summed E-state index contributed by atoms with van der Waals surface area (Å²) < 4.78 is 12.3. The second-order valence-electron chi connectivity index (χ2n) is 8.97. The molecular formula is C28H44O2Si2. The van der Waals surface area contributed by atoms with E-state index in [1.165, 1.54) is 71.4 Å². The maximum Gasteiger partial charge on any atom is 0.223 e. The Morgan fingerprint density at radius 3 is 1.03 bits per heavy atom. The molecule has 4 heteroatoms. The number of hydrogen-bond acceptors (Lipinski definition) is 2. The summed E-state index contributed by atoms with van der Waals surface area (Å²) in [5, 5.41) is 2.86. The summed E-state index contributed by atoms with van der Waals surface area (Å²) in [6.45, 7) is 9.07. The zero-order chi connectivity index (χ0) is 23.5. The van der Waals surface area contributed by atoms with Crippen LogP contribution in [0.15, 0.2) is 48.5 Å². The Labute approximate surface area is 199 Å². The molecule has 0 saturated heterocycles. The van der Waals surface area contributed by atoms with E-state index >= 15 is 0 Å². The molecule has 0 aliphatic carbocycles. The molecule has 0 saturated carbocycles. The second kappa shape index (κ2) is 13.3. The van der Waals surface area contributed by atoms with Crippen LogP contribution in [0.4, 0.5) is 0 Å². The summed E-state index contributed by atoms with van der Waals surface area (Å²) in [6.07, 6.45) is 9.16. The molecule has 32 heavy (non-hydrogen) atoms. The van der Waals surface area contributed by atoms with Crippen molar-refractivity contribution in [2.24, 2.45) is 0 Å². The molecule has 0 fully saturated rings. The van der Waals surface area contributed by atoms with Crippen molar-refractivity contribution in [3.05, 3.63) is 59.7 Å². The Hall–Kier alpha value is -1.47. The van der Waals surface area contributed by atoms with Crippen molar-refractivity contribution in [2.75, 3.05) is 14.2 Å². The van der Waals surface area contributed by atoms with E-state index < -0.39 is 16.6 Å². The zero-order valence-electron chi connectivity index (χ0n) is 21.2. The lowest BCUT2D eigenvalue weighted by molar-refractivity contribution is 0.400. The van der Waals surface area contributed by atoms with Crippen LogP contribution >= 0.6 is 0 Å². The number of hydrogen-bond donors (Lipinski definition) is 0. The molecule has 2 aromatic carbocycles. The molecule has 0 unspecified atom stereocenters. The first-order valence-corrected chi connectivity index (χ1v) is 17.2. The number of benzene rings is 2. The largest absolute Gasteiger partial charge is 0.415 e. The molecule has 0 aliphatic heterocycles. The molecular weight excluding hydrogens is 424 g/mol. The van der Waals surface area contributed by atoms with E-state index in [0.29, 0.717) is 0 Å². The fourth-order valence-electron chi connectivity index (χ4n) is 5.08. The lowest BCUT2D eigenvalue weighted by atomic mass is 10.1. The van der Waals surface area contributed by atoms with Crippen LogP contribution in [-0.4, -0.2) is 30.9 Å². The minimum Gasteiger partial charge on any atom is -0.415 e. The topological polar surface area (TPSA) is 18.5 Å². The van der Waals surface area contributed by atoms with Crippen LogP contribution in [0.3, 0.4) is 0 Å². The minimum atomic E-state index is -1.83. The molecule has 2 aromatic rings. The van der Waals surface area contributed by atoms with Crippen LogP contribution in [0.5, 0.6) is 0 Å². The van der Waals surface area contributed by atoms with Crippen LogP contribution in [-0.2, 0) is 8.85 Å². The second-order valence-corrected chi connectivity index (χ2v) is 16.9. The third kappa shape index (κ3) is 6.53. The Kier molecular flexibility index (Phi) is 11.1. The highest BCUT2D eigenvalue weighted by Gasteiger charge is 2.35. The third-order valence-corrected chi connectivity index (χ3v) is 16.3. The Balaban J connectivity index is 2.18. The lowest BCUT2D eigenvalue weighted by Gasteiger charge is -2.30. The summed E-state index contributed by atoms with van der Waals surface area (Å²) >= 11 is 0. The Bertz CT molecular complexity index is 731. The fourth-order valence-corrected chi connectivity index (χ4v) is 12.8. The molecule has 176 valence electrons. The quantitative estimate of drug-likeness (QED) is 0.217. The molecule has 0 radical (unpaired) electrons. The van der Waals surface area contributed by atoms with Gasteiger partial charge in [-0.2, -0.15) is 0 Å². The molecule has 0 spiro atoms. The molecule has 0 bridgehead atoms. The number of rotatable bonds is 14. The maximum atomic E-state index is 6.17. The predicted molar refractivity (Wildman–Crippen MR) is 147 cm³/mol. The first-order valence-electron chi connectivity index (χ1n) is 12.5. The van der Waals surface area contributed by atoms with Crippen molar-refractivity contribution in [1.29, 1.82) is 0 Å². The van der Waals surface area contributed by atoms with Gasteiger partial charge in [0.2, 0.25) is 16.6 Å². The van der Waals surface area contributed by atoms with Gasteiger partial charge >= 0.3 is 0 Å². The standard InChI is InChI=1S/C28H44O2Si2/c1-7-21-31(29-5,22-8-2)27-17-13-25(14-18-27)11-12-26-15-19-28(20-16-26)32(30-6,23-9-3)24-10-4/h11-20H,7-10,21-24H2,1-6H3. The zero-order valence-corrected chi connectivity index (χ0v) is 23.2. The van der Waals surface area contributed by atoms with Crippen molar-refractivity contribution < 1.29 is 8.85 Å². The van der Waals surface area contributed by atoms with E-state index in [4.69, 9.17) is 8.85 Å². The minimum absolute atomic E-state index is 1.18. The molecule has 0 atom stereocenters. The summed E-state index contributed by atoms with van der Waals surface area (Å²) in [7, 11) is 0.169. The molecule has 0 aliphatic rings. The molecule has 0 N–H and O–H groups in total. The van der Waals surface area contributed by atoms with Gasteiger partial charge in [-0.05, 0) is 45.7 Å². The highest BCUT2D eigenvalue weighted by Crippen LogP contribution is 2.23. The maximum absolute atomic E-state index is 6.17. The SMILES string of the molecule is CCC[Si](CCC)(OC)c1ccc(C=Cc2ccc([Si](CCC)(CCC)OC)cc2)cc1. The monoisotopic (exact) mass is 468 g/mol. The van der Waals surface area contributed by atoms with Gasteiger partial charge in [-0.3, -0.25) is 0 Å². The van der Waals surface area contributed by atoms with Gasteiger partial charge in [-0.1, -0.05) is 114 Å². The van der Waals surface area contributed by atoms with Crippen molar-refractivity contribution in [3.63, 3.8) is 0 Å². The van der Waals surface area contributed by atoms with Crippen molar-refractivity contribution in [3.8, 4) is 0 Å². The molecule has 2 rings (SSSR count). The van der Waals surface area contributed by atoms with E-state index in [0.717, 1.165) is 0 Å². The molecule has 0 heterocycles. The van der Waals surface area contributed by atoms with Crippen LogP contribution < -0.4 is 10.4 Å². The lowest BCUT2D eigenvalue weighted by Crippen LogP contribution is -2.49. The predicted octanol–water partition coefficient (Wildman–Crippen LogP) is 7.09. The van der Waals surface area contributed by atoms with Crippen LogP contribution in [0, 0.1) is 0 Å². The summed E-state index contributed by atoms with van der Waals surface area (Å²) in [5.41, 5.74) is 2.48. The first kappa shape index (κ1) is 26.8. The smallest absolute Gasteiger partial charge is 0.223 e. The normalized spacial score (nSPS) is 12.6. The summed E-state index contributed by atoms with van der Waals surface area (Å²) in [4.78, 5) is 0. The van der Waals surface area contributed by atoms with E-state index in [1.54, 1.807) is 0 Å². The Morgan fingerprint density at radius 2 is 0.812 bits per heavy atom. The average molecular weight is 469 g/mol. The van der Waals surface area contributed by atoms with Gasteiger partial charge in [0.1, 0.15) is 0 Å². The first-order chi connectivity index (χ1) is 15.5. The molecule has 0 amide bonds. The van der Waals surface area contributed by atoms with Gasteiger partial charge in [0.05, 0.1) is 0 Å². The van der Waals surface area contributed by atoms with Crippen molar-refractivity contribution in [2.45, 2.75) is 77.6 Å². The van der Waals surface area contributed by atoms with Gasteiger partial charge in [0, 0.05) is 14.2 Å². The van der Waals surface area contributed by atoms with Crippen LogP contribution in [0.1, 0.15) is 64.5 Å². The Morgan fingerprint density at radius 1 is 0.531 bits per heavy atom. The molecule has 2 nitrogen and oxygen atoms in total. The van der Waals surface area contributed by atoms with Gasteiger partial charge in [-0.25, -0.2) is 0 Å². The molecule has 0 aromatic heterocycles. The van der Waals surface area contributed by atoms with Gasteiger partial charge in [0.25, 0.3) is 0 Å². The van der Waals surface area contributed by atoms with E-state index in [2.05, 4.69) is 88.4 Å². The summed E-state index contributed by atoms with van der Waals surface area (Å²) in [5.74, 6) is 0. The van der Waals surface area contributed by atoms with Gasteiger partial charge in [0.15, 0.2) is 0 Å². The van der Waals surface area contributed by atoms with E-state index in [1.807, 2.05) is 14.2 Å². The highest BCUT2D eigenvalue weighted by atomic mass is 28.4. The van der Waals surface area contributed by atoms with Gasteiger partial charge < -0.3 is 8.85 Å². The van der Waals surface area contributed by atoms with Crippen molar-refractivity contribution in [1.82, 2.24) is 0 Å². The van der Waals surface area contributed by atoms with Crippen LogP contribution in [0.25, 0.3) is 12.2 Å². The fraction of sp³-hybridized carbons (Fsp3) is 0.500. The van der Waals surface area contributed by atoms with E-state index in [9.17, 15) is 0 Å². The third-order valence-electron chi connectivity index (χ3n) is 6.74. The average Bonchev–Trinajstić information content (AvgIpc) is 2.83.